The number of hydrogen-bond acceptors (Lipinski definition) is 5. The molecule has 0 fully saturated rings. The van der Waals surface area contributed by atoms with Crippen LogP contribution < -0.4 is 4.72 Å². The Labute approximate surface area is 122 Å². The smallest absolute Gasteiger partial charge is 0.305 e. The van der Waals surface area contributed by atoms with Gasteiger partial charge in [0, 0.05) is 13.0 Å². The SMILES string of the molecule is CCOC(=O)CCCNS(=O)(=O)c1cccc(F)c1C#N. The quantitative estimate of drug-likeness (QED) is 0.605. The van der Waals surface area contributed by atoms with Gasteiger partial charge in [-0.3, -0.25) is 4.79 Å². The maximum Gasteiger partial charge on any atom is 0.305 e. The first-order valence-corrected chi connectivity index (χ1v) is 7.74. The molecule has 0 atom stereocenters. The van der Waals surface area contributed by atoms with E-state index in [0.29, 0.717) is 0 Å². The highest BCUT2D eigenvalue weighted by Crippen LogP contribution is 2.17. The van der Waals surface area contributed by atoms with Crippen LogP contribution >= 0.6 is 0 Å². The summed E-state index contributed by atoms with van der Waals surface area (Å²) in [6.07, 6.45) is 0.319. The summed E-state index contributed by atoms with van der Waals surface area (Å²) >= 11 is 0. The van der Waals surface area contributed by atoms with Crippen molar-refractivity contribution in [1.82, 2.24) is 4.72 Å². The van der Waals surface area contributed by atoms with E-state index in [9.17, 15) is 17.6 Å². The summed E-state index contributed by atoms with van der Waals surface area (Å²) < 4.78 is 44.3. The van der Waals surface area contributed by atoms with Gasteiger partial charge in [0.2, 0.25) is 10.0 Å². The molecular formula is C13H15FN2O4S. The molecule has 0 aliphatic heterocycles. The third-order valence-electron chi connectivity index (χ3n) is 2.53. The monoisotopic (exact) mass is 314 g/mol. The Morgan fingerprint density at radius 2 is 2.19 bits per heavy atom. The lowest BCUT2D eigenvalue weighted by Gasteiger charge is -2.08. The van der Waals surface area contributed by atoms with Crippen LogP contribution in [0.5, 0.6) is 0 Å². The molecule has 1 aromatic carbocycles. The molecule has 1 rings (SSSR count). The number of ether oxygens (including phenoxy) is 1. The number of carbonyl (C=O) groups is 1. The van der Waals surface area contributed by atoms with Gasteiger partial charge in [-0.05, 0) is 25.5 Å². The van der Waals surface area contributed by atoms with Gasteiger partial charge in [-0.2, -0.15) is 5.26 Å². The Balaban J connectivity index is 2.69. The van der Waals surface area contributed by atoms with Gasteiger partial charge in [0.1, 0.15) is 22.3 Å². The van der Waals surface area contributed by atoms with E-state index in [-0.39, 0.29) is 26.0 Å². The van der Waals surface area contributed by atoms with Gasteiger partial charge < -0.3 is 4.74 Å². The molecule has 0 aliphatic rings. The number of halogens is 1. The zero-order valence-corrected chi connectivity index (χ0v) is 12.2. The van der Waals surface area contributed by atoms with Crippen LogP contribution in [-0.4, -0.2) is 27.5 Å². The number of esters is 1. The largest absolute Gasteiger partial charge is 0.466 e. The molecule has 21 heavy (non-hydrogen) atoms. The fourth-order valence-corrected chi connectivity index (χ4v) is 2.83. The van der Waals surface area contributed by atoms with Crippen molar-refractivity contribution in [1.29, 1.82) is 5.26 Å². The molecule has 114 valence electrons. The molecular weight excluding hydrogens is 299 g/mol. The molecule has 0 radical (unpaired) electrons. The highest BCUT2D eigenvalue weighted by molar-refractivity contribution is 7.89. The first kappa shape index (κ1) is 17.1. The van der Waals surface area contributed by atoms with Crippen molar-refractivity contribution in [2.24, 2.45) is 0 Å². The van der Waals surface area contributed by atoms with Crippen LogP contribution in [0, 0.1) is 17.1 Å². The van der Waals surface area contributed by atoms with Crippen LogP contribution in [0.2, 0.25) is 0 Å². The van der Waals surface area contributed by atoms with Crippen LogP contribution in [0.15, 0.2) is 23.1 Å². The average Bonchev–Trinajstić information content (AvgIpc) is 2.43. The van der Waals surface area contributed by atoms with E-state index in [0.717, 1.165) is 12.1 Å². The number of hydrogen-bond donors (Lipinski definition) is 1. The highest BCUT2D eigenvalue weighted by Gasteiger charge is 2.20. The van der Waals surface area contributed by atoms with Crippen molar-refractivity contribution in [2.75, 3.05) is 13.2 Å². The van der Waals surface area contributed by atoms with E-state index in [1.54, 1.807) is 6.92 Å². The van der Waals surface area contributed by atoms with Gasteiger partial charge in [-0.1, -0.05) is 6.07 Å². The van der Waals surface area contributed by atoms with Gasteiger partial charge in [-0.25, -0.2) is 17.5 Å². The second-order valence-corrected chi connectivity index (χ2v) is 5.77. The number of sulfonamides is 1. The first-order chi connectivity index (χ1) is 9.92. The maximum absolute atomic E-state index is 13.4. The Kier molecular flexibility index (Phi) is 6.27. The number of rotatable bonds is 7. The molecule has 0 amide bonds. The topological polar surface area (TPSA) is 96.3 Å². The zero-order chi connectivity index (χ0) is 15.9. The van der Waals surface area contributed by atoms with E-state index in [1.807, 2.05) is 0 Å². The van der Waals surface area contributed by atoms with Crippen molar-refractivity contribution in [3.8, 4) is 6.07 Å². The van der Waals surface area contributed by atoms with Crippen molar-refractivity contribution >= 4 is 16.0 Å². The van der Waals surface area contributed by atoms with Gasteiger partial charge >= 0.3 is 5.97 Å². The predicted octanol–water partition coefficient (Wildman–Crippen LogP) is 1.32. The van der Waals surface area contributed by atoms with Crippen LogP contribution in [-0.2, 0) is 19.6 Å². The molecule has 0 aliphatic carbocycles. The van der Waals surface area contributed by atoms with Crippen LogP contribution in [0.25, 0.3) is 0 Å². The van der Waals surface area contributed by atoms with E-state index < -0.39 is 32.3 Å². The molecule has 0 unspecified atom stereocenters. The predicted molar refractivity (Wildman–Crippen MR) is 72.2 cm³/mol. The lowest BCUT2D eigenvalue weighted by Crippen LogP contribution is -2.26. The Morgan fingerprint density at radius 3 is 2.81 bits per heavy atom. The fraction of sp³-hybridized carbons (Fsp3) is 0.385. The van der Waals surface area contributed by atoms with Crippen molar-refractivity contribution in [2.45, 2.75) is 24.7 Å². The molecule has 0 saturated heterocycles. The minimum atomic E-state index is -4.00. The van der Waals surface area contributed by atoms with Gasteiger partial charge in [0.15, 0.2) is 0 Å². The Morgan fingerprint density at radius 1 is 1.48 bits per heavy atom. The second kappa shape index (κ2) is 7.71. The maximum atomic E-state index is 13.4. The standard InChI is InChI=1S/C13H15FN2O4S/c1-2-20-13(17)7-4-8-16-21(18,19)12-6-3-5-11(14)10(12)9-15/h3,5-6,16H,2,4,7-8H2,1H3. The number of benzene rings is 1. The van der Waals surface area contributed by atoms with Gasteiger partial charge in [0.05, 0.1) is 6.61 Å². The summed E-state index contributed by atoms with van der Waals surface area (Å²) in [4.78, 5) is 10.7. The summed E-state index contributed by atoms with van der Waals surface area (Å²) in [6, 6.07) is 4.90. The van der Waals surface area contributed by atoms with Crippen molar-refractivity contribution < 1.29 is 22.3 Å². The summed E-state index contributed by atoms with van der Waals surface area (Å²) in [5.41, 5.74) is -0.532. The molecule has 0 heterocycles. The summed E-state index contributed by atoms with van der Waals surface area (Å²) in [5, 5.41) is 8.82. The van der Waals surface area contributed by atoms with Gasteiger partial charge in [-0.15, -0.1) is 0 Å². The van der Waals surface area contributed by atoms with Gasteiger partial charge in [0.25, 0.3) is 0 Å². The number of nitrogens with one attached hydrogen (secondary N) is 1. The number of carbonyl (C=O) groups excluding carboxylic acids is 1. The third-order valence-corrected chi connectivity index (χ3v) is 4.04. The number of nitriles is 1. The number of nitrogens with zero attached hydrogens (tertiary/aromatic N) is 1. The lowest BCUT2D eigenvalue weighted by atomic mass is 10.2. The second-order valence-electron chi connectivity index (χ2n) is 4.03. The fourth-order valence-electron chi connectivity index (χ4n) is 1.59. The minimum Gasteiger partial charge on any atom is -0.466 e. The molecule has 6 nitrogen and oxygen atoms in total. The van der Waals surface area contributed by atoms with Crippen molar-refractivity contribution in [3.05, 3.63) is 29.6 Å². The average molecular weight is 314 g/mol. The zero-order valence-electron chi connectivity index (χ0n) is 11.4. The summed E-state index contributed by atoms with van der Waals surface area (Å²) in [7, 11) is -4.00. The molecule has 0 spiro atoms. The molecule has 0 bridgehead atoms. The molecule has 0 aromatic heterocycles. The van der Waals surface area contributed by atoms with Crippen LogP contribution in [0.1, 0.15) is 25.3 Å². The molecule has 1 aromatic rings. The minimum absolute atomic E-state index is 0.0114. The molecule has 0 saturated carbocycles. The molecule has 8 heteroatoms. The van der Waals surface area contributed by atoms with E-state index in [2.05, 4.69) is 4.72 Å². The molecule has 1 N–H and O–H groups in total. The Hall–Kier alpha value is -1.98. The lowest BCUT2D eigenvalue weighted by molar-refractivity contribution is -0.143. The highest BCUT2D eigenvalue weighted by atomic mass is 32.2. The first-order valence-electron chi connectivity index (χ1n) is 6.26. The van der Waals surface area contributed by atoms with E-state index in [1.165, 1.54) is 12.1 Å². The normalized spacial score (nSPS) is 10.9. The van der Waals surface area contributed by atoms with Crippen LogP contribution in [0.4, 0.5) is 4.39 Å². The van der Waals surface area contributed by atoms with Crippen molar-refractivity contribution in [3.63, 3.8) is 0 Å². The summed E-state index contributed by atoms with van der Waals surface area (Å²) in [6.45, 7) is 1.93. The summed E-state index contributed by atoms with van der Waals surface area (Å²) in [5.74, 6) is -1.31. The Bertz CT molecular complexity index is 653. The van der Waals surface area contributed by atoms with E-state index in [4.69, 9.17) is 10.00 Å². The van der Waals surface area contributed by atoms with E-state index >= 15 is 0 Å². The third kappa shape index (κ3) is 4.81. The van der Waals surface area contributed by atoms with Crippen LogP contribution in [0.3, 0.4) is 0 Å².